The van der Waals surface area contributed by atoms with Crippen LogP contribution < -0.4 is 11.5 Å². The number of rotatable bonds is 4. The number of aromatic nitrogens is 2. The first-order valence-electron chi connectivity index (χ1n) is 7.07. The average Bonchev–Trinajstić information content (AvgIpc) is 2.89. The van der Waals surface area contributed by atoms with Crippen LogP contribution in [0, 0.1) is 6.92 Å². The molecule has 3 aromatic rings. The Balaban J connectivity index is 1.98. The molecule has 3 rings (SSSR count). The average molecular weight is 309 g/mol. The minimum absolute atomic E-state index is 0.297. The highest BCUT2D eigenvalue weighted by Gasteiger charge is 2.14. The van der Waals surface area contributed by atoms with Gasteiger partial charge in [-0.25, -0.2) is 4.79 Å². The maximum absolute atomic E-state index is 12.0. The van der Waals surface area contributed by atoms with Crippen molar-refractivity contribution >= 4 is 5.91 Å². The fraction of sp³-hybridized carbons (Fsp3) is 0.118. The zero-order chi connectivity index (χ0) is 16.4. The summed E-state index contributed by atoms with van der Waals surface area (Å²) in [6, 6.07) is 14.4. The van der Waals surface area contributed by atoms with Crippen molar-refractivity contribution in [1.29, 1.82) is 0 Å². The highest BCUT2D eigenvalue weighted by molar-refractivity contribution is 5.92. The van der Waals surface area contributed by atoms with Gasteiger partial charge in [-0.2, -0.15) is 0 Å². The van der Waals surface area contributed by atoms with Crippen LogP contribution in [0.2, 0.25) is 0 Å². The first-order valence-corrected chi connectivity index (χ1v) is 7.07. The number of nitrogens with zero attached hydrogens (tertiary/aromatic N) is 2. The van der Waals surface area contributed by atoms with E-state index in [9.17, 15) is 9.59 Å². The highest BCUT2D eigenvalue weighted by Crippen LogP contribution is 2.20. The highest BCUT2D eigenvalue weighted by atomic mass is 16.5. The molecule has 6 heteroatoms. The zero-order valence-corrected chi connectivity index (χ0v) is 12.5. The molecule has 0 aliphatic carbocycles. The smallest absolute Gasteiger partial charge is 0.366 e. The van der Waals surface area contributed by atoms with Gasteiger partial charge in [0.1, 0.15) is 0 Å². The number of amides is 1. The second kappa shape index (κ2) is 5.92. The van der Waals surface area contributed by atoms with Crippen LogP contribution in [0.3, 0.4) is 0 Å². The maximum atomic E-state index is 12.0. The van der Waals surface area contributed by atoms with Gasteiger partial charge in [0.05, 0.1) is 6.54 Å². The minimum atomic E-state index is -0.526. The molecule has 0 radical (unpaired) electrons. The number of carbonyl (C=O) groups excluding carboxylic acids is 1. The van der Waals surface area contributed by atoms with Gasteiger partial charge in [-0.05, 0) is 30.2 Å². The summed E-state index contributed by atoms with van der Waals surface area (Å²) < 4.78 is 6.28. The minimum Gasteiger partial charge on any atom is -0.366 e. The van der Waals surface area contributed by atoms with Crippen LogP contribution in [0.4, 0.5) is 0 Å². The second-order valence-electron chi connectivity index (χ2n) is 5.23. The van der Waals surface area contributed by atoms with E-state index in [4.69, 9.17) is 10.3 Å². The molecule has 0 atom stereocenters. The molecule has 0 saturated carbocycles. The summed E-state index contributed by atoms with van der Waals surface area (Å²) in [6.07, 6.45) is 0. The Morgan fingerprint density at radius 3 is 2.52 bits per heavy atom. The van der Waals surface area contributed by atoms with E-state index in [2.05, 4.69) is 5.16 Å². The van der Waals surface area contributed by atoms with Gasteiger partial charge in [0, 0.05) is 11.1 Å². The molecule has 1 heterocycles. The number of nitrogens with two attached hydrogens (primary N) is 1. The maximum Gasteiger partial charge on any atom is 0.442 e. The first kappa shape index (κ1) is 14.8. The number of benzene rings is 2. The summed E-state index contributed by atoms with van der Waals surface area (Å²) in [7, 11) is 0. The predicted octanol–water partition coefficient (Wildman–Crippen LogP) is 1.96. The molecular weight excluding hydrogens is 294 g/mol. The lowest BCUT2D eigenvalue weighted by Crippen LogP contribution is -2.17. The van der Waals surface area contributed by atoms with E-state index in [1.807, 2.05) is 31.2 Å². The number of hydrogen-bond donors (Lipinski definition) is 1. The molecule has 0 aliphatic heterocycles. The summed E-state index contributed by atoms with van der Waals surface area (Å²) in [6.45, 7) is 2.24. The van der Waals surface area contributed by atoms with E-state index < -0.39 is 11.7 Å². The standard InChI is InChI=1S/C17H15N3O3/c1-11-4-2-3-5-14(11)16-19-23-17(22)20(16)10-12-6-8-13(9-7-12)15(18)21/h2-9H,10H2,1H3,(H2,18,21). The summed E-state index contributed by atoms with van der Waals surface area (Å²) in [5.41, 5.74) is 8.32. The van der Waals surface area contributed by atoms with Crippen molar-refractivity contribution in [3.05, 3.63) is 75.8 Å². The quantitative estimate of drug-likeness (QED) is 0.797. The van der Waals surface area contributed by atoms with Gasteiger partial charge in [-0.15, -0.1) is 0 Å². The van der Waals surface area contributed by atoms with E-state index >= 15 is 0 Å². The van der Waals surface area contributed by atoms with Crippen LogP contribution in [0.1, 0.15) is 21.5 Å². The molecule has 0 bridgehead atoms. The zero-order valence-electron chi connectivity index (χ0n) is 12.5. The lowest BCUT2D eigenvalue weighted by molar-refractivity contribution is 0.100. The van der Waals surface area contributed by atoms with Gasteiger partial charge in [0.15, 0.2) is 5.82 Å². The van der Waals surface area contributed by atoms with E-state index in [0.29, 0.717) is 17.9 Å². The van der Waals surface area contributed by atoms with Crippen molar-refractivity contribution in [3.8, 4) is 11.4 Å². The summed E-state index contributed by atoms with van der Waals surface area (Å²) >= 11 is 0. The van der Waals surface area contributed by atoms with Gasteiger partial charge in [0.2, 0.25) is 5.91 Å². The molecule has 0 fully saturated rings. The third-order valence-electron chi connectivity index (χ3n) is 3.65. The summed E-state index contributed by atoms with van der Waals surface area (Å²) in [4.78, 5) is 23.1. The predicted molar refractivity (Wildman–Crippen MR) is 85.0 cm³/mol. The lowest BCUT2D eigenvalue weighted by atomic mass is 10.1. The SMILES string of the molecule is Cc1ccccc1-c1noc(=O)n1Cc1ccc(C(N)=O)cc1. The Kier molecular flexibility index (Phi) is 3.80. The van der Waals surface area contributed by atoms with Gasteiger partial charge in [0.25, 0.3) is 0 Å². The number of carbonyl (C=O) groups is 1. The van der Waals surface area contributed by atoms with Crippen molar-refractivity contribution < 1.29 is 9.32 Å². The molecule has 0 saturated heterocycles. The van der Waals surface area contributed by atoms with Gasteiger partial charge in [-0.1, -0.05) is 41.6 Å². The van der Waals surface area contributed by atoms with Gasteiger partial charge >= 0.3 is 5.76 Å². The first-order chi connectivity index (χ1) is 11.1. The van der Waals surface area contributed by atoms with Crippen LogP contribution in [0.25, 0.3) is 11.4 Å². The number of primary amides is 1. The largest absolute Gasteiger partial charge is 0.442 e. The van der Waals surface area contributed by atoms with Crippen LogP contribution in [-0.4, -0.2) is 15.6 Å². The fourth-order valence-electron chi connectivity index (χ4n) is 2.38. The Morgan fingerprint density at radius 2 is 1.87 bits per heavy atom. The molecule has 1 amide bonds. The van der Waals surface area contributed by atoms with Gasteiger partial charge in [-0.3, -0.25) is 13.9 Å². The van der Waals surface area contributed by atoms with Crippen LogP contribution in [-0.2, 0) is 6.54 Å². The van der Waals surface area contributed by atoms with E-state index in [1.165, 1.54) is 4.57 Å². The summed E-state index contributed by atoms with van der Waals surface area (Å²) in [5, 5.41) is 3.89. The molecule has 1 aromatic heterocycles. The monoisotopic (exact) mass is 309 g/mol. The Hall–Kier alpha value is -3.15. The number of hydrogen-bond acceptors (Lipinski definition) is 4. The van der Waals surface area contributed by atoms with Crippen LogP contribution in [0.5, 0.6) is 0 Å². The molecule has 0 unspecified atom stereocenters. The van der Waals surface area contributed by atoms with E-state index in [0.717, 1.165) is 16.7 Å². The molecular formula is C17H15N3O3. The van der Waals surface area contributed by atoms with Crippen LogP contribution in [0.15, 0.2) is 57.8 Å². The van der Waals surface area contributed by atoms with Crippen molar-refractivity contribution in [3.63, 3.8) is 0 Å². The molecule has 2 N–H and O–H groups in total. The third kappa shape index (κ3) is 2.91. The van der Waals surface area contributed by atoms with Crippen LogP contribution >= 0.6 is 0 Å². The van der Waals surface area contributed by atoms with Crippen molar-refractivity contribution in [1.82, 2.24) is 9.72 Å². The van der Waals surface area contributed by atoms with Crippen molar-refractivity contribution in [2.45, 2.75) is 13.5 Å². The third-order valence-corrected chi connectivity index (χ3v) is 3.65. The summed E-state index contributed by atoms with van der Waals surface area (Å²) in [5.74, 6) is -0.534. The Morgan fingerprint density at radius 1 is 1.17 bits per heavy atom. The van der Waals surface area contributed by atoms with E-state index in [-0.39, 0.29) is 0 Å². The molecule has 0 spiro atoms. The molecule has 6 nitrogen and oxygen atoms in total. The molecule has 23 heavy (non-hydrogen) atoms. The number of aryl methyl sites for hydroxylation is 1. The Labute approximate surface area is 132 Å². The molecule has 116 valence electrons. The Bertz CT molecular complexity index is 907. The van der Waals surface area contributed by atoms with E-state index in [1.54, 1.807) is 24.3 Å². The molecule has 2 aromatic carbocycles. The van der Waals surface area contributed by atoms with Gasteiger partial charge < -0.3 is 5.73 Å². The second-order valence-corrected chi connectivity index (χ2v) is 5.23. The topological polar surface area (TPSA) is 91.1 Å². The fourth-order valence-corrected chi connectivity index (χ4v) is 2.38. The lowest BCUT2D eigenvalue weighted by Gasteiger charge is -2.07. The molecule has 0 aliphatic rings. The van der Waals surface area contributed by atoms with Crippen molar-refractivity contribution in [2.24, 2.45) is 5.73 Å². The van der Waals surface area contributed by atoms with Crippen molar-refractivity contribution in [2.75, 3.05) is 0 Å². The normalized spacial score (nSPS) is 10.7.